The molecule has 3 heterocycles. The minimum atomic E-state index is -0.403. The summed E-state index contributed by atoms with van der Waals surface area (Å²) in [5.74, 6) is -0.111. The molecule has 0 aliphatic carbocycles. The molecule has 0 unspecified atom stereocenters. The molecule has 110 valence electrons. The molecule has 0 bridgehead atoms. The fourth-order valence-electron chi connectivity index (χ4n) is 2.49. The third kappa shape index (κ3) is 2.97. The van der Waals surface area contributed by atoms with Crippen molar-refractivity contribution in [3.63, 3.8) is 0 Å². The number of hydrogen-bond acceptors (Lipinski definition) is 4. The van der Waals surface area contributed by atoms with Crippen LogP contribution in [0.5, 0.6) is 0 Å². The fourth-order valence-corrected chi connectivity index (χ4v) is 3.19. The van der Waals surface area contributed by atoms with Crippen LogP contribution in [0, 0.1) is 0 Å². The van der Waals surface area contributed by atoms with Gasteiger partial charge >= 0.3 is 0 Å². The van der Waals surface area contributed by atoms with Gasteiger partial charge in [-0.05, 0) is 17.9 Å². The summed E-state index contributed by atoms with van der Waals surface area (Å²) in [5, 5.41) is 8.81. The van der Waals surface area contributed by atoms with Crippen LogP contribution in [-0.2, 0) is 23.2 Å². The van der Waals surface area contributed by atoms with Gasteiger partial charge in [0.1, 0.15) is 6.04 Å². The van der Waals surface area contributed by atoms with E-state index in [0.29, 0.717) is 25.1 Å². The average Bonchev–Trinajstić information content (AvgIpc) is 3.15. The summed E-state index contributed by atoms with van der Waals surface area (Å²) in [6.07, 6.45) is 4.32. The van der Waals surface area contributed by atoms with Crippen LogP contribution in [0.25, 0.3) is 0 Å². The summed E-state index contributed by atoms with van der Waals surface area (Å²) in [4.78, 5) is 27.1. The van der Waals surface area contributed by atoms with Crippen molar-refractivity contribution in [1.82, 2.24) is 14.7 Å². The number of nitrogens with one attached hydrogen (secondary N) is 1. The number of aryl methyl sites for hydroxylation is 1. The van der Waals surface area contributed by atoms with Crippen molar-refractivity contribution in [2.45, 2.75) is 25.4 Å². The van der Waals surface area contributed by atoms with Crippen molar-refractivity contribution in [1.29, 1.82) is 0 Å². The van der Waals surface area contributed by atoms with Gasteiger partial charge in [-0.2, -0.15) is 5.10 Å². The Morgan fingerprint density at radius 2 is 2.43 bits per heavy atom. The van der Waals surface area contributed by atoms with Crippen LogP contribution in [0.15, 0.2) is 29.9 Å². The Hall–Kier alpha value is -2.15. The van der Waals surface area contributed by atoms with Gasteiger partial charge in [0.15, 0.2) is 0 Å². The lowest BCUT2D eigenvalue weighted by Gasteiger charge is -2.23. The van der Waals surface area contributed by atoms with E-state index in [4.69, 9.17) is 0 Å². The molecule has 0 spiro atoms. The number of hydrogen-bond donors (Lipinski definition) is 1. The molecular formula is C14H16N4O2S. The maximum absolute atomic E-state index is 12.4. The van der Waals surface area contributed by atoms with E-state index in [0.717, 1.165) is 4.88 Å². The van der Waals surface area contributed by atoms with Gasteiger partial charge in [-0.3, -0.25) is 14.3 Å². The van der Waals surface area contributed by atoms with Crippen LogP contribution in [0.2, 0.25) is 0 Å². The van der Waals surface area contributed by atoms with E-state index < -0.39 is 6.04 Å². The number of nitrogens with zero attached hydrogens (tertiary/aromatic N) is 3. The second kappa shape index (κ2) is 5.69. The predicted molar refractivity (Wildman–Crippen MR) is 79.7 cm³/mol. The Kier molecular flexibility index (Phi) is 3.74. The molecular weight excluding hydrogens is 288 g/mol. The molecule has 1 saturated heterocycles. The minimum Gasteiger partial charge on any atom is -0.326 e. The quantitative estimate of drug-likeness (QED) is 0.933. The Morgan fingerprint density at radius 3 is 3.10 bits per heavy atom. The van der Waals surface area contributed by atoms with Gasteiger partial charge < -0.3 is 10.2 Å². The fraction of sp³-hybridized carbons (Fsp3) is 0.357. The minimum absolute atomic E-state index is 0.0368. The van der Waals surface area contributed by atoms with E-state index in [9.17, 15) is 9.59 Å². The van der Waals surface area contributed by atoms with E-state index in [-0.39, 0.29) is 11.8 Å². The van der Waals surface area contributed by atoms with Crippen molar-refractivity contribution in [2.24, 2.45) is 7.05 Å². The maximum Gasteiger partial charge on any atom is 0.247 e. The van der Waals surface area contributed by atoms with Crippen molar-refractivity contribution < 1.29 is 9.59 Å². The van der Waals surface area contributed by atoms with E-state index in [1.165, 1.54) is 0 Å². The molecule has 3 rings (SSSR count). The van der Waals surface area contributed by atoms with Gasteiger partial charge in [-0.1, -0.05) is 6.07 Å². The molecule has 1 fully saturated rings. The Bertz CT molecular complexity index is 650. The van der Waals surface area contributed by atoms with Crippen LogP contribution < -0.4 is 5.32 Å². The molecule has 2 aromatic heterocycles. The van der Waals surface area contributed by atoms with Gasteiger partial charge in [-0.25, -0.2) is 0 Å². The molecule has 1 aliphatic heterocycles. The highest BCUT2D eigenvalue weighted by Gasteiger charge is 2.36. The molecule has 21 heavy (non-hydrogen) atoms. The molecule has 1 aliphatic rings. The monoisotopic (exact) mass is 304 g/mol. The normalized spacial score (nSPS) is 18.2. The number of anilines is 1. The van der Waals surface area contributed by atoms with E-state index in [1.807, 2.05) is 17.5 Å². The largest absolute Gasteiger partial charge is 0.326 e. The SMILES string of the molecule is Cn1cc(NC(=O)[C@H]2CCC(=O)N2Cc2cccs2)cn1. The van der Waals surface area contributed by atoms with E-state index in [1.54, 1.807) is 40.4 Å². The molecule has 7 heteroatoms. The lowest BCUT2D eigenvalue weighted by atomic mass is 10.2. The summed E-state index contributed by atoms with van der Waals surface area (Å²) in [7, 11) is 1.79. The van der Waals surface area contributed by atoms with Crippen molar-refractivity contribution in [3.8, 4) is 0 Å². The standard InChI is InChI=1S/C14H16N4O2S/c1-17-8-10(7-15-17)16-14(20)12-4-5-13(19)18(12)9-11-3-2-6-21-11/h2-3,6-8,12H,4-5,9H2,1H3,(H,16,20)/t12-/m1/s1. The van der Waals surface area contributed by atoms with E-state index >= 15 is 0 Å². The van der Waals surface area contributed by atoms with Gasteiger partial charge in [0.25, 0.3) is 0 Å². The molecule has 1 atom stereocenters. The zero-order valence-corrected chi connectivity index (χ0v) is 12.5. The highest BCUT2D eigenvalue weighted by Crippen LogP contribution is 2.24. The molecule has 0 saturated carbocycles. The van der Waals surface area contributed by atoms with Crippen LogP contribution in [-0.4, -0.2) is 32.5 Å². The Labute approximate surface area is 126 Å². The third-order valence-electron chi connectivity index (χ3n) is 3.51. The lowest BCUT2D eigenvalue weighted by molar-refractivity contribution is -0.133. The molecule has 1 N–H and O–H groups in total. The number of thiophene rings is 1. The van der Waals surface area contributed by atoms with Crippen molar-refractivity contribution >= 4 is 28.8 Å². The highest BCUT2D eigenvalue weighted by atomic mass is 32.1. The number of amides is 2. The first-order valence-electron chi connectivity index (χ1n) is 6.75. The van der Waals surface area contributed by atoms with Crippen molar-refractivity contribution in [2.75, 3.05) is 5.32 Å². The van der Waals surface area contributed by atoms with Crippen LogP contribution in [0.3, 0.4) is 0 Å². The van der Waals surface area contributed by atoms with Crippen LogP contribution in [0.4, 0.5) is 5.69 Å². The lowest BCUT2D eigenvalue weighted by Crippen LogP contribution is -2.40. The smallest absolute Gasteiger partial charge is 0.247 e. The van der Waals surface area contributed by atoms with Crippen LogP contribution >= 0.6 is 11.3 Å². The summed E-state index contributed by atoms with van der Waals surface area (Å²) in [5.41, 5.74) is 0.651. The molecule has 0 radical (unpaired) electrons. The van der Waals surface area contributed by atoms with Crippen molar-refractivity contribution in [3.05, 3.63) is 34.8 Å². The summed E-state index contributed by atoms with van der Waals surface area (Å²) >= 11 is 1.59. The molecule has 6 nitrogen and oxygen atoms in total. The van der Waals surface area contributed by atoms with Gasteiger partial charge in [0.05, 0.1) is 18.4 Å². The molecule has 0 aromatic carbocycles. The summed E-state index contributed by atoms with van der Waals surface area (Å²) in [6.45, 7) is 0.502. The summed E-state index contributed by atoms with van der Waals surface area (Å²) in [6, 6.07) is 3.53. The van der Waals surface area contributed by atoms with Gasteiger partial charge in [0, 0.05) is 24.5 Å². The topological polar surface area (TPSA) is 67.2 Å². The number of carbonyl (C=O) groups is 2. The number of likely N-dealkylation sites (tertiary alicyclic amines) is 1. The van der Waals surface area contributed by atoms with Gasteiger partial charge in [-0.15, -0.1) is 11.3 Å². The predicted octanol–water partition coefficient (Wildman–Crippen LogP) is 1.61. The second-order valence-electron chi connectivity index (χ2n) is 5.05. The van der Waals surface area contributed by atoms with Gasteiger partial charge in [0.2, 0.25) is 11.8 Å². The zero-order valence-electron chi connectivity index (χ0n) is 11.7. The number of carbonyl (C=O) groups excluding carboxylic acids is 2. The average molecular weight is 304 g/mol. The first-order chi connectivity index (χ1) is 10.1. The molecule has 2 aromatic rings. The Balaban J connectivity index is 1.70. The first-order valence-corrected chi connectivity index (χ1v) is 7.63. The van der Waals surface area contributed by atoms with Crippen LogP contribution in [0.1, 0.15) is 17.7 Å². The first kappa shape index (κ1) is 13.8. The third-order valence-corrected chi connectivity index (χ3v) is 4.37. The Morgan fingerprint density at radius 1 is 1.57 bits per heavy atom. The summed E-state index contributed by atoms with van der Waals surface area (Å²) < 4.78 is 1.62. The highest BCUT2D eigenvalue weighted by molar-refractivity contribution is 7.09. The number of aromatic nitrogens is 2. The number of rotatable bonds is 4. The van der Waals surface area contributed by atoms with E-state index in [2.05, 4.69) is 10.4 Å². The maximum atomic E-state index is 12.4. The second-order valence-corrected chi connectivity index (χ2v) is 6.08. The zero-order chi connectivity index (χ0) is 14.8. The molecule has 2 amide bonds.